The maximum Gasteiger partial charge on any atom is 0.282 e. The van der Waals surface area contributed by atoms with Crippen molar-refractivity contribution < 1.29 is 9.59 Å². The molecule has 5 nitrogen and oxygen atoms in total. The fraction of sp³-hybridized carbons (Fsp3) is 0.167. The van der Waals surface area contributed by atoms with E-state index in [-0.39, 0.29) is 11.5 Å². The van der Waals surface area contributed by atoms with Crippen molar-refractivity contribution in [2.45, 2.75) is 27.7 Å². The summed E-state index contributed by atoms with van der Waals surface area (Å²) in [6.07, 6.45) is 1.68. The summed E-state index contributed by atoms with van der Waals surface area (Å²) in [5.74, 6) is -0.743. The Bertz CT molecular complexity index is 1140. The Hall–Kier alpha value is -3.60. The number of hydrogen-bond donors (Lipinski definition) is 1. The van der Waals surface area contributed by atoms with E-state index < -0.39 is 5.91 Å². The lowest BCUT2D eigenvalue weighted by atomic mass is 10.1. The van der Waals surface area contributed by atoms with Crippen LogP contribution in [0.15, 0.2) is 60.2 Å². The van der Waals surface area contributed by atoms with Gasteiger partial charge in [0, 0.05) is 17.1 Å². The Labute approximate surface area is 170 Å². The van der Waals surface area contributed by atoms with Crippen molar-refractivity contribution in [1.82, 2.24) is 9.99 Å². The number of aromatic nitrogens is 1. The van der Waals surface area contributed by atoms with Gasteiger partial charge in [-0.15, -0.1) is 0 Å². The van der Waals surface area contributed by atoms with Crippen LogP contribution < -0.4 is 10.4 Å². The molecule has 0 aliphatic carbocycles. The largest absolute Gasteiger partial charge is 0.318 e. The second kappa shape index (κ2) is 7.09. The summed E-state index contributed by atoms with van der Waals surface area (Å²) in [4.78, 5) is 25.3. The molecule has 146 valence electrons. The van der Waals surface area contributed by atoms with E-state index in [4.69, 9.17) is 0 Å². The highest BCUT2D eigenvalue weighted by Gasteiger charge is 2.34. The van der Waals surface area contributed by atoms with Gasteiger partial charge in [-0.05, 0) is 80.8 Å². The second-order valence-electron chi connectivity index (χ2n) is 7.48. The zero-order valence-electron chi connectivity index (χ0n) is 17.0. The third-order valence-corrected chi connectivity index (χ3v) is 5.14. The van der Waals surface area contributed by atoms with Crippen molar-refractivity contribution in [3.05, 3.63) is 88.2 Å². The van der Waals surface area contributed by atoms with Crippen LogP contribution >= 0.6 is 0 Å². The lowest BCUT2D eigenvalue weighted by Gasteiger charge is -2.13. The average Bonchev–Trinajstić information content (AvgIpc) is 3.11. The van der Waals surface area contributed by atoms with Gasteiger partial charge in [-0.25, -0.2) is 5.01 Å². The molecule has 0 spiro atoms. The number of benzene rings is 2. The number of aryl methyl sites for hydroxylation is 3. The molecule has 2 heterocycles. The highest BCUT2D eigenvalue weighted by Crippen LogP contribution is 2.26. The molecular formula is C24H23N3O2. The van der Waals surface area contributed by atoms with E-state index in [1.165, 1.54) is 16.1 Å². The minimum absolute atomic E-state index is 0.134. The maximum atomic E-state index is 12.9. The number of carbonyl (C=O) groups is 2. The third-order valence-electron chi connectivity index (χ3n) is 5.14. The van der Waals surface area contributed by atoms with Gasteiger partial charge in [0.05, 0.1) is 5.69 Å². The predicted octanol–water partition coefficient (Wildman–Crippen LogP) is 4.17. The molecule has 1 aliphatic rings. The maximum absolute atomic E-state index is 12.9. The highest BCUT2D eigenvalue weighted by molar-refractivity contribution is 6.31. The van der Waals surface area contributed by atoms with Gasteiger partial charge in [0.2, 0.25) is 0 Å². The van der Waals surface area contributed by atoms with E-state index in [0.717, 1.165) is 22.6 Å². The van der Waals surface area contributed by atoms with Crippen LogP contribution in [0, 0.1) is 27.7 Å². The van der Waals surface area contributed by atoms with Gasteiger partial charge in [-0.1, -0.05) is 24.3 Å². The van der Waals surface area contributed by atoms with Crippen LogP contribution in [0.5, 0.6) is 0 Å². The summed E-state index contributed by atoms with van der Waals surface area (Å²) < 4.78 is 2.15. The Morgan fingerprint density at radius 1 is 0.828 bits per heavy atom. The average molecular weight is 385 g/mol. The molecule has 3 aromatic rings. The van der Waals surface area contributed by atoms with Gasteiger partial charge in [-0.3, -0.25) is 15.0 Å². The van der Waals surface area contributed by atoms with Crippen molar-refractivity contribution >= 4 is 23.6 Å². The van der Waals surface area contributed by atoms with Crippen LogP contribution in [0.3, 0.4) is 0 Å². The minimum atomic E-state index is -0.393. The molecule has 1 fully saturated rings. The number of amides is 2. The summed E-state index contributed by atoms with van der Waals surface area (Å²) in [5, 5.41) is 1.29. The fourth-order valence-electron chi connectivity index (χ4n) is 3.88. The summed E-state index contributed by atoms with van der Waals surface area (Å²) in [7, 11) is 0. The topological polar surface area (TPSA) is 54.3 Å². The molecule has 2 aromatic carbocycles. The number of anilines is 1. The number of nitrogens with one attached hydrogen (secondary N) is 1. The van der Waals surface area contributed by atoms with E-state index >= 15 is 0 Å². The Morgan fingerprint density at radius 3 is 2.14 bits per heavy atom. The van der Waals surface area contributed by atoms with Crippen LogP contribution in [0.1, 0.15) is 28.1 Å². The first-order chi connectivity index (χ1) is 13.8. The number of carbonyl (C=O) groups excluding carboxylic acids is 2. The first-order valence-electron chi connectivity index (χ1n) is 9.55. The van der Waals surface area contributed by atoms with Gasteiger partial charge < -0.3 is 4.57 Å². The molecular weight excluding hydrogens is 362 g/mol. The molecule has 0 saturated carbocycles. The Balaban J connectivity index is 1.74. The minimum Gasteiger partial charge on any atom is -0.318 e. The van der Waals surface area contributed by atoms with E-state index in [2.05, 4.69) is 42.0 Å². The van der Waals surface area contributed by atoms with Crippen LogP contribution in [-0.2, 0) is 9.59 Å². The van der Waals surface area contributed by atoms with Crippen LogP contribution in [0.4, 0.5) is 5.69 Å². The standard InChI is InChI=1S/C24H23N3O2/c1-15-10-16(2)12-21(11-15)26-17(3)13-19(18(26)4)14-22-23(28)25-27(24(22)29)20-8-6-5-7-9-20/h5-14H,1-4H3,(H,25,28)/b22-14-. The zero-order chi connectivity index (χ0) is 20.7. The van der Waals surface area contributed by atoms with E-state index in [0.29, 0.717) is 5.69 Å². The predicted molar refractivity (Wildman–Crippen MR) is 115 cm³/mol. The zero-order valence-corrected chi connectivity index (χ0v) is 17.0. The van der Waals surface area contributed by atoms with Crippen LogP contribution in [0.25, 0.3) is 11.8 Å². The summed E-state index contributed by atoms with van der Waals surface area (Å²) in [6, 6.07) is 17.5. The summed E-state index contributed by atoms with van der Waals surface area (Å²) >= 11 is 0. The monoisotopic (exact) mass is 385 g/mol. The number of nitrogens with zero attached hydrogens (tertiary/aromatic N) is 2. The normalized spacial score (nSPS) is 15.3. The molecule has 1 saturated heterocycles. The lowest BCUT2D eigenvalue weighted by Crippen LogP contribution is -2.35. The summed E-state index contributed by atoms with van der Waals surface area (Å²) in [6.45, 7) is 8.18. The molecule has 4 rings (SSSR count). The number of hydrazine groups is 1. The van der Waals surface area contributed by atoms with Crippen molar-refractivity contribution in [3.8, 4) is 5.69 Å². The van der Waals surface area contributed by atoms with E-state index in [1.54, 1.807) is 18.2 Å². The molecule has 1 aliphatic heterocycles. The molecule has 2 amide bonds. The van der Waals surface area contributed by atoms with Crippen molar-refractivity contribution in [3.63, 3.8) is 0 Å². The van der Waals surface area contributed by atoms with E-state index in [9.17, 15) is 9.59 Å². The second-order valence-corrected chi connectivity index (χ2v) is 7.48. The highest BCUT2D eigenvalue weighted by atomic mass is 16.2. The van der Waals surface area contributed by atoms with Crippen molar-refractivity contribution in [2.75, 3.05) is 5.01 Å². The van der Waals surface area contributed by atoms with E-state index in [1.807, 2.05) is 38.1 Å². The Kier molecular flexibility index (Phi) is 4.59. The molecule has 0 radical (unpaired) electrons. The number of rotatable bonds is 3. The molecule has 0 bridgehead atoms. The van der Waals surface area contributed by atoms with Gasteiger partial charge in [0.25, 0.3) is 11.8 Å². The molecule has 0 unspecified atom stereocenters. The molecule has 0 atom stereocenters. The Morgan fingerprint density at radius 2 is 1.48 bits per heavy atom. The molecule has 1 aromatic heterocycles. The third kappa shape index (κ3) is 3.36. The van der Waals surface area contributed by atoms with Gasteiger partial charge in [0.15, 0.2) is 0 Å². The molecule has 1 N–H and O–H groups in total. The first-order valence-corrected chi connectivity index (χ1v) is 9.55. The number of hydrogen-bond acceptors (Lipinski definition) is 2. The summed E-state index contributed by atoms with van der Waals surface area (Å²) in [5.41, 5.74) is 9.76. The smallest absolute Gasteiger partial charge is 0.282 e. The van der Waals surface area contributed by atoms with Crippen LogP contribution in [-0.4, -0.2) is 16.4 Å². The number of para-hydroxylation sites is 1. The van der Waals surface area contributed by atoms with Gasteiger partial charge in [0.1, 0.15) is 5.57 Å². The fourth-order valence-corrected chi connectivity index (χ4v) is 3.88. The first kappa shape index (κ1) is 18.7. The van der Waals surface area contributed by atoms with Crippen LogP contribution in [0.2, 0.25) is 0 Å². The van der Waals surface area contributed by atoms with Gasteiger partial charge in [-0.2, -0.15) is 0 Å². The quantitative estimate of drug-likeness (QED) is 0.543. The van der Waals surface area contributed by atoms with Crippen molar-refractivity contribution in [1.29, 1.82) is 0 Å². The molecule has 5 heteroatoms. The van der Waals surface area contributed by atoms with Gasteiger partial charge >= 0.3 is 0 Å². The lowest BCUT2D eigenvalue weighted by molar-refractivity contribution is -0.117. The van der Waals surface area contributed by atoms with Crippen molar-refractivity contribution in [2.24, 2.45) is 0 Å². The SMILES string of the molecule is Cc1cc(C)cc(-n2c(C)cc(/C=C3/C(=O)NN(c4ccccc4)C3=O)c2C)c1. The molecule has 29 heavy (non-hydrogen) atoms.